The number of Topliss-reactive ketones (excluding diaryl/α,β-unsaturated/α-hetero) is 1. The standard InChI is InChI=1S/C11H12O3S/c1-8-2-4-10(5-3-8)15(13,14)11-6-9(12)7-11/h2-5,11H,6-7H2,1H3. The molecule has 1 aromatic rings. The highest BCUT2D eigenvalue weighted by atomic mass is 32.2. The molecule has 0 aromatic heterocycles. The number of carbonyl (C=O) groups excluding carboxylic acids is 1. The highest BCUT2D eigenvalue weighted by molar-refractivity contribution is 7.92. The number of benzene rings is 1. The minimum Gasteiger partial charge on any atom is -0.300 e. The van der Waals surface area contributed by atoms with Crippen LogP contribution < -0.4 is 0 Å². The predicted octanol–water partition coefficient (Wildman–Crippen LogP) is 1.50. The van der Waals surface area contributed by atoms with E-state index in [1.165, 1.54) is 0 Å². The van der Waals surface area contributed by atoms with E-state index in [4.69, 9.17) is 0 Å². The number of carbonyl (C=O) groups is 1. The van der Waals surface area contributed by atoms with Crippen LogP contribution in [0.4, 0.5) is 0 Å². The first-order valence-electron chi connectivity index (χ1n) is 4.82. The fourth-order valence-corrected chi connectivity index (χ4v) is 3.30. The summed E-state index contributed by atoms with van der Waals surface area (Å²) < 4.78 is 23.8. The lowest BCUT2D eigenvalue weighted by atomic mass is 9.98. The molecule has 1 aromatic carbocycles. The van der Waals surface area contributed by atoms with Crippen LogP contribution in [0.5, 0.6) is 0 Å². The van der Waals surface area contributed by atoms with Gasteiger partial charge in [-0.15, -0.1) is 0 Å². The van der Waals surface area contributed by atoms with E-state index in [1.807, 2.05) is 6.92 Å². The molecule has 2 rings (SSSR count). The summed E-state index contributed by atoms with van der Waals surface area (Å²) in [6.07, 6.45) is 0.354. The molecule has 0 aliphatic heterocycles. The molecule has 15 heavy (non-hydrogen) atoms. The molecule has 0 N–H and O–H groups in total. The summed E-state index contributed by atoms with van der Waals surface area (Å²) in [6, 6.07) is 6.75. The van der Waals surface area contributed by atoms with Gasteiger partial charge in [0.2, 0.25) is 0 Å². The van der Waals surface area contributed by atoms with Gasteiger partial charge in [-0.1, -0.05) is 17.7 Å². The molecule has 1 aliphatic rings. The van der Waals surface area contributed by atoms with Gasteiger partial charge in [0.15, 0.2) is 9.84 Å². The van der Waals surface area contributed by atoms with E-state index in [-0.39, 0.29) is 18.6 Å². The van der Waals surface area contributed by atoms with Crippen molar-refractivity contribution >= 4 is 15.6 Å². The fraction of sp³-hybridized carbons (Fsp3) is 0.364. The van der Waals surface area contributed by atoms with E-state index >= 15 is 0 Å². The zero-order valence-corrected chi connectivity index (χ0v) is 9.25. The molecule has 0 saturated heterocycles. The van der Waals surface area contributed by atoms with E-state index in [0.717, 1.165) is 5.56 Å². The molecule has 0 bridgehead atoms. The van der Waals surface area contributed by atoms with Gasteiger partial charge in [0, 0.05) is 12.8 Å². The number of hydrogen-bond donors (Lipinski definition) is 0. The van der Waals surface area contributed by atoms with E-state index in [0.29, 0.717) is 4.90 Å². The summed E-state index contributed by atoms with van der Waals surface area (Å²) in [7, 11) is -3.27. The minimum absolute atomic E-state index is 0.0377. The second kappa shape index (κ2) is 3.45. The van der Waals surface area contributed by atoms with Crippen LogP contribution in [-0.4, -0.2) is 19.5 Å². The third-order valence-corrected chi connectivity index (χ3v) is 4.84. The van der Waals surface area contributed by atoms with E-state index in [2.05, 4.69) is 0 Å². The van der Waals surface area contributed by atoms with Crippen LogP contribution in [-0.2, 0) is 14.6 Å². The maximum Gasteiger partial charge on any atom is 0.182 e. The van der Waals surface area contributed by atoms with Crippen molar-refractivity contribution in [1.29, 1.82) is 0 Å². The summed E-state index contributed by atoms with van der Waals surface area (Å²) in [5.41, 5.74) is 1.03. The quantitative estimate of drug-likeness (QED) is 0.765. The van der Waals surface area contributed by atoms with E-state index in [1.54, 1.807) is 24.3 Å². The molecule has 4 heteroatoms. The van der Waals surface area contributed by atoms with Crippen molar-refractivity contribution in [3.8, 4) is 0 Å². The maximum absolute atomic E-state index is 11.9. The van der Waals surface area contributed by atoms with Crippen LogP contribution in [0.15, 0.2) is 29.2 Å². The van der Waals surface area contributed by atoms with Crippen molar-refractivity contribution < 1.29 is 13.2 Å². The van der Waals surface area contributed by atoms with Gasteiger partial charge in [-0.2, -0.15) is 0 Å². The van der Waals surface area contributed by atoms with Crippen LogP contribution in [0.25, 0.3) is 0 Å². The molecule has 3 nitrogen and oxygen atoms in total. The van der Waals surface area contributed by atoms with Gasteiger partial charge in [-0.25, -0.2) is 8.42 Å². The van der Waals surface area contributed by atoms with Crippen molar-refractivity contribution in [3.05, 3.63) is 29.8 Å². The van der Waals surface area contributed by atoms with Crippen LogP contribution in [0.1, 0.15) is 18.4 Å². The zero-order valence-electron chi connectivity index (χ0n) is 8.43. The third-order valence-electron chi connectivity index (χ3n) is 2.70. The molecule has 0 amide bonds. The van der Waals surface area contributed by atoms with Crippen molar-refractivity contribution in [2.45, 2.75) is 29.9 Å². The summed E-state index contributed by atoms with van der Waals surface area (Å²) >= 11 is 0. The second-order valence-corrected chi connectivity index (χ2v) is 6.16. The number of rotatable bonds is 2. The van der Waals surface area contributed by atoms with Gasteiger partial charge in [-0.3, -0.25) is 4.79 Å². The summed E-state index contributed by atoms with van der Waals surface area (Å²) in [6.45, 7) is 1.91. The Morgan fingerprint density at radius 2 is 1.67 bits per heavy atom. The van der Waals surface area contributed by atoms with Gasteiger partial charge in [0.1, 0.15) is 5.78 Å². The van der Waals surface area contributed by atoms with Crippen LogP contribution in [0, 0.1) is 6.92 Å². The third kappa shape index (κ3) is 1.81. The number of ketones is 1. The maximum atomic E-state index is 11.9. The Bertz CT molecular complexity index is 477. The largest absolute Gasteiger partial charge is 0.300 e. The highest BCUT2D eigenvalue weighted by Crippen LogP contribution is 2.28. The molecule has 1 saturated carbocycles. The monoisotopic (exact) mass is 224 g/mol. The zero-order chi connectivity index (χ0) is 11.1. The first-order chi connectivity index (χ1) is 7.00. The lowest BCUT2D eigenvalue weighted by Gasteiger charge is -2.23. The number of aryl methyl sites for hydroxylation is 1. The number of hydrogen-bond acceptors (Lipinski definition) is 3. The van der Waals surface area contributed by atoms with E-state index in [9.17, 15) is 13.2 Å². The van der Waals surface area contributed by atoms with Crippen LogP contribution in [0.2, 0.25) is 0 Å². The molecule has 1 aliphatic carbocycles. The Morgan fingerprint density at radius 1 is 1.13 bits per heavy atom. The van der Waals surface area contributed by atoms with Crippen LogP contribution in [0.3, 0.4) is 0 Å². The molecule has 0 spiro atoms. The molecule has 80 valence electrons. The summed E-state index contributed by atoms with van der Waals surface area (Å²) in [5.74, 6) is 0.0377. The smallest absolute Gasteiger partial charge is 0.182 e. The Balaban J connectivity index is 2.30. The average Bonchev–Trinajstić information content (AvgIpc) is 2.13. The van der Waals surface area contributed by atoms with Gasteiger partial charge >= 0.3 is 0 Å². The summed E-state index contributed by atoms with van der Waals surface area (Å²) in [4.78, 5) is 11.1. The van der Waals surface area contributed by atoms with Crippen LogP contribution >= 0.6 is 0 Å². The molecule has 1 fully saturated rings. The van der Waals surface area contributed by atoms with Crippen molar-refractivity contribution in [2.75, 3.05) is 0 Å². The normalized spacial score (nSPS) is 17.5. The van der Waals surface area contributed by atoms with Crippen molar-refractivity contribution in [3.63, 3.8) is 0 Å². The Labute approximate surface area is 89.0 Å². The Hall–Kier alpha value is -1.16. The van der Waals surface area contributed by atoms with Gasteiger partial charge in [0.05, 0.1) is 10.1 Å². The van der Waals surface area contributed by atoms with Gasteiger partial charge in [-0.05, 0) is 19.1 Å². The average molecular weight is 224 g/mol. The molecular weight excluding hydrogens is 212 g/mol. The SMILES string of the molecule is Cc1ccc(S(=O)(=O)C2CC(=O)C2)cc1. The van der Waals surface area contributed by atoms with Gasteiger partial charge in [0.25, 0.3) is 0 Å². The Kier molecular flexibility index (Phi) is 2.38. The topological polar surface area (TPSA) is 51.2 Å². The Morgan fingerprint density at radius 3 is 2.13 bits per heavy atom. The highest BCUT2D eigenvalue weighted by Gasteiger charge is 2.38. The first-order valence-corrected chi connectivity index (χ1v) is 6.37. The lowest BCUT2D eigenvalue weighted by molar-refractivity contribution is -0.123. The summed E-state index contributed by atoms with van der Waals surface area (Å²) in [5, 5.41) is -0.493. The van der Waals surface area contributed by atoms with E-state index < -0.39 is 15.1 Å². The van der Waals surface area contributed by atoms with Gasteiger partial charge < -0.3 is 0 Å². The molecular formula is C11H12O3S. The fourth-order valence-electron chi connectivity index (χ4n) is 1.59. The first kappa shape index (κ1) is 10.4. The predicted molar refractivity (Wildman–Crippen MR) is 56.4 cm³/mol. The lowest BCUT2D eigenvalue weighted by Crippen LogP contribution is -2.36. The number of sulfone groups is 1. The molecule has 0 atom stereocenters. The van der Waals surface area contributed by atoms with Crippen molar-refractivity contribution in [2.24, 2.45) is 0 Å². The molecule has 0 radical (unpaired) electrons. The minimum atomic E-state index is -3.27. The van der Waals surface area contributed by atoms with Crippen molar-refractivity contribution in [1.82, 2.24) is 0 Å². The molecule has 0 heterocycles. The molecule has 0 unspecified atom stereocenters. The second-order valence-electron chi connectivity index (χ2n) is 3.93.